The first-order valence-corrected chi connectivity index (χ1v) is 7.22. The van der Waals surface area contributed by atoms with Crippen LogP contribution in [0.15, 0.2) is 24.3 Å². The number of nitrogens with one attached hydrogen (secondary N) is 1. The number of piperidine rings is 1. The lowest BCUT2D eigenvalue weighted by Gasteiger charge is -2.31. The average Bonchev–Trinajstić information content (AvgIpc) is 2.45. The lowest BCUT2D eigenvalue weighted by Crippen LogP contribution is -2.31. The molecule has 0 aliphatic carbocycles. The van der Waals surface area contributed by atoms with Crippen LogP contribution in [0.5, 0.6) is 5.75 Å². The van der Waals surface area contributed by atoms with Crippen molar-refractivity contribution in [3.63, 3.8) is 0 Å². The normalized spacial score (nSPS) is 18.5. The minimum atomic E-state index is 0.484. The van der Waals surface area contributed by atoms with Crippen LogP contribution in [0.25, 0.3) is 0 Å². The first kappa shape index (κ1) is 14.4. The summed E-state index contributed by atoms with van der Waals surface area (Å²) in [6, 6.07) is 8.98. The van der Waals surface area contributed by atoms with Gasteiger partial charge in [0.25, 0.3) is 0 Å². The lowest BCUT2D eigenvalue weighted by molar-refractivity contribution is 0.223. The molecule has 106 valence electrons. The number of nitrogens with zero attached hydrogens (tertiary/aromatic N) is 1. The van der Waals surface area contributed by atoms with Gasteiger partial charge in [-0.15, -0.1) is 0 Å². The van der Waals surface area contributed by atoms with Crippen LogP contribution in [-0.2, 0) is 0 Å². The highest BCUT2D eigenvalue weighted by Crippen LogP contribution is 2.31. The first-order chi connectivity index (χ1) is 9.20. The Morgan fingerprint density at radius 2 is 2.05 bits per heavy atom. The fourth-order valence-electron chi connectivity index (χ4n) is 2.93. The van der Waals surface area contributed by atoms with Crippen LogP contribution >= 0.6 is 0 Å². The van der Waals surface area contributed by atoms with E-state index in [2.05, 4.69) is 42.5 Å². The van der Waals surface area contributed by atoms with Gasteiger partial charge in [-0.2, -0.15) is 0 Å². The van der Waals surface area contributed by atoms with Crippen LogP contribution < -0.4 is 10.1 Å². The van der Waals surface area contributed by atoms with Gasteiger partial charge in [-0.3, -0.25) is 0 Å². The zero-order chi connectivity index (χ0) is 13.7. The number of rotatable bonds is 5. The Labute approximate surface area is 116 Å². The highest BCUT2D eigenvalue weighted by molar-refractivity contribution is 5.30. The molecule has 1 saturated heterocycles. The molecular weight excluding hydrogens is 236 g/mol. The molecule has 1 fully saturated rings. The molecule has 19 heavy (non-hydrogen) atoms. The van der Waals surface area contributed by atoms with Gasteiger partial charge in [-0.05, 0) is 70.1 Å². The minimum Gasteiger partial charge on any atom is -0.497 e. The van der Waals surface area contributed by atoms with Gasteiger partial charge in [0.05, 0.1) is 7.11 Å². The van der Waals surface area contributed by atoms with E-state index in [0.717, 1.165) is 11.7 Å². The van der Waals surface area contributed by atoms with E-state index in [1.165, 1.54) is 37.9 Å². The number of hydrogen-bond donors (Lipinski definition) is 1. The second kappa shape index (κ2) is 6.92. The molecule has 0 aromatic heterocycles. The van der Waals surface area contributed by atoms with Crippen molar-refractivity contribution in [3.05, 3.63) is 29.8 Å². The van der Waals surface area contributed by atoms with Gasteiger partial charge >= 0.3 is 0 Å². The summed E-state index contributed by atoms with van der Waals surface area (Å²) in [6.45, 7) is 2.34. The Morgan fingerprint density at radius 1 is 1.32 bits per heavy atom. The molecule has 3 nitrogen and oxygen atoms in total. The van der Waals surface area contributed by atoms with Crippen molar-refractivity contribution < 1.29 is 4.74 Å². The SMILES string of the molecule is COc1cccc(C(CC2CCNCC2)N(C)C)c1. The number of benzene rings is 1. The molecule has 1 aromatic rings. The molecular formula is C16H26N2O. The van der Waals surface area contributed by atoms with Crippen LogP contribution in [0.4, 0.5) is 0 Å². The van der Waals surface area contributed by atoms with Gasteiger partial charge in [0, 0.05) is 6.04 Å². The molecule has 0 saturated carbocycles. The third-order valence-electron chi connectivity index (χ3n) is 4.12. The van der Waals surface area contributed by atoms with Gasteiger partial charge in [0.1, 0.15) is 5.75 Å². The summed E-state index contributed by atoms with van der Waals surface area (Å²) >= 11 is 0. The van der Waals surface area contributed by atoms with Crippen LogP contribution in [0.1, 0.15) is 30.9 Å². The van der Waals surface area contributed by atoms with Gasteiger partial charge in [0.2, 0.25) is 0 Å². The topological polar surface area (TPSA) is 24.5 Å². The summed E-state index contributed by atoms with van der Waals surface area (Å²) in [5.41, 5.74) is 1.36. The van der Waals surface area contributed by atoms with E-state index in [0.29, 0.717) is 6.04 Å². The van der Waals surface area contributed by atoms with Gasteiger partial charge in [0.15, 0.2) is 0 Å². The van der Waals surface area contributed by atoms with Gasteiger partial charge in [-0.1, -0.05) is 12.1 Å². The Bertz CT molecular complexity index is 386. The molecule has 1 unspecified atom stereocenters. The molecule has 2 rings (SSSR count). The van der Waals surface area contributed by atoms with Crippen molar-refractivity contribution >= 4 is 0 Å². The molecule has 0 amide bonds. The summed E-state index contributed by atoms with van der Waals surface area (Å²) in [4.78, 5) is 2.33. The van der Waals surface area contributed by atoms with Gasteiger partial charge in [-0.25, -0.2) is 0 Å². The first-order valence-electron chi connectivity index (χ1n) is 7.22. The average molecular weight is 262 g/mol. The molecule has 1 aliphatic heterocycles. The minimum absolute atomic E-state index is 0.484. The van der Waals surface area contributed by atoms with Crippen LogP contribution in [0.3, 0.4) is 0 Å². The molecule has 0 spiro atoms. The largest absolute Gasteiger partial charge is 0.497 e. The summed E-state index contributed by atoms with van der Waals surface area (Å²) in [5, 5.41) is 3.44. The molecule has 3 heteroatoms. The predicted octanol–water partition coefficient (Wildman–Crippen LogP) is 2.69. The van der Waals surface area contributed by atoms with Crippen LogP contribution in [0.2, 0.25) is 0 Å². The van der Waals surface area contributed by atoms with E-state index in [9.17, 15) is 0 Å². The van der Waals surface area contributed by atoms with Crippen LogP contribution in [0, 0.1) is 5.92 Å². The lowest BCUT2D eigenvalue weighted by atomic mass is 9.88. The predicted molar refractivity (Wildman–Crippen MR) is 79.6 cm³/mol. The number of methoxy groups -OCH3 is 1. The Kier molecular flexibility index (Phi) is 5.23. The Balaban J connectivity index is 2.09. The summed E-state index contributed by atoms with van der Waals surface area (Å²) in [6.07, 6.45) is 3.84. The summed E-state index contributed by atoms with van der Waals surface area (Å²) < 4.78 is 5.35. The van der Waals surface area contributed by atoms with Crippen LogP contribution in [-0.4, -0.2) is 39.2 Å². The third-order valence-corrected chi connectivity index (χ3v) is 4.12. The second-order valence-electron chi connectivity index (χ2n) is 5.69. The number of ether oxygens (including phenoxy) is 1. The highest BCUT2D eigenvalue weighted by Gasteiger charge is 2.21. The smallest absolute Gasteiger partial charge is 0.119 e. The maximum absolute atomic E-state index is 5.35. The second-order valence-corrected chi connectivity index (χ2v) is 5.69. The molecule has 1 heterocycles. The number of hydrogen-bond acceptors (Lipinski definition) is 3. The molecule has 1 N–H and O–H groups in total. The van der Waals surface area contributed by atoms with E-state index >= 15 is 0 Å². The van der Waals surface area contributed by atoms with Crippen molar-refractivity contribution in [2.45, 2.75) is 25.3 Å². The fraction of sp³-hybridized carbons (Fsp3) is 0.625. The molecule has 1 aliphatic rings. The monoisotopic (exact) mass is 262 g/mol. The molecule has 0 radical (unpaired) electrons. The third kappa shape index (κ3) is 3.95. The molecule has 1 aromatic carbocycles. The van der Waals surface area contributed by atoms with Crippen molar-refractivity contribution in [3.8, 4) is 5.75 Å². The van der Waals surface area contributed by atoms with Crippen molar-refractivity contribution in [1.29, 1.82) is 0 Å². The molecule has 1 atom stereocenters. The van der Waals surface area contributed by atoms with Gasteiger partial charge < -0.3 is 15.0 Å². The van der Waals surface area contributed by atoms with Crippen molar-refractivity contribution in [2.24, 2.45) is 5.92 Å². The van der Waals surface area contributed by atoms with E-state index in [1.807, 2.05) is 6.07 Å². The zero-order valence-electron chi connectivity index (χ0n) is 12.4. The molecule has 0 bridgehead atoms. The van der Waals surface area contributed by atoms with E-state index in [4.69, 9.17) is 4.74 Å². The Hall–Kier alpha value is -1.06. The maximum Gasteiger partial charge on any atom is 0.119 e. The zero-order valence-corrected chi connectivity index (χ0v) is 12.4. The van der Waals surface area contributed by atoms with Crippen molar-refractivity contribution in [1.82, 2.24) is 10.2 Å². The summed E-state index contributed by atoms with van der Waals surface area (Å²) in [7, 11) is 6.08. The summed E-state index contributed by atoms with van der Waals surface area (Å²) in [5.74, 6) is 1.79. The van der Waals surface area contributed by atoms with Crippen molar-refractivity contribution in [2.75, 3.05) is 34.3 Å². The Morgan fingerprint density at radius 3 is 2.68 bits per heavy atom. The standard InChI is InChI=1S/C16H26N2O/c1-18(2)16(11-13-7-9-17-10-8-13)14-5-4-6-15(12-14)19-3/h4-6,12-13,16-17H,7-11H2,1-3H3. The maximum atomic E-state index is 5.35. The van der Waals surface area contributed by atoms with E-state index in [-0.39, 0.29) is 0 Å². The quantitative estimate of drug-likeness (QED) is 0.883. The van der Waals surface area contributed by atoms with E-state index < -0.39 is 0 Å². The van der Waals surface area contributed by atoms with E-state index in [1.54, 1.807) is 7.11 Å². The highest BCUT2D eigenvalue weighted by atomic mass is 16.5. The fourth-order valence-corrected chi connectivity index (χ4v) is 2.93.